The van der Waals surface area contributed by atoms with Gasteiger partial charge in [0.15, 0.2) is 0 Å². The summed E-state index contributed by atoms with van der Waals surface area (Å²) >= 11 is 0. The molecule has 1 aromatic heterocycles. The maximum absolute atomic E-state index is 5.65. The standard InChI is InChI=1S/C14H26N4O/c1-4-6-14(7-8-14)10-16-13-18-17-12(19-13)11(3)15-9-5-2/h11,15H,4-10H2,1-3H3,(H,16,18). The maximum Gasteiger partial charge on any atom is 0.315 e. The number of rotatable bonds is 9. The molecule has 2 N–H and O–H groups in total. The zero-order valence-corrected chi connectivity index (χ0v) is 12.3. The van der Waals surface area contributed by atoms with Crippen molar-refractivity contribution in [2.45, 2.75) is 58.9 Å². The number of anilines is 1. The zero-order chi connectivity index (χ0) is 13.7. The van der Waals surface area contributed by atoms with Gasteiger partial charge in [0, 0.05) is 6.54 Å². The van der Waals surface area contributed by atoms with E-state index in [1.54, 1.807) is 0 Å². The highest BCUT2D eigenvalue weighted by Gasteiger charge is 2.41. The van der Waals surface area contributed by atoms with Crippen LogP contribution in [0, 0.1) is 5.41 Å². The Labute approximate surface area is 115 Å². The number of aromatic nitrogens is 2. The molecule has 0 spiro atoms. The van der Waals surface area contributed by atoms with E-state index in [0.717, 1.165) is 19.5 Å². The SMILES string of the molecule is CCCNC(C)c1nnc(NCC2(CCC)CC2)o1. The van der Waals surface area contributed by atoms with Gasteiger partial charge in [0.25, 0.3) is 0 Å². The van der Waals surface area contributed by atoms with Gasteiger partial charge in [-0.3, -0.25) is 0 Å². The summed E-state index contributed by atoms with van der Waals surface area (Å²) in [6, 6.07) is 0.677. The van der Waals surface area contributed by atoms with Crippen molar-refractivity contribution in [1.29, 1.82) is 0 Å². The molecule has 1 saturated carbocycles. The Bertz CT molecular complexity index is 387. The highest BCUT2D eigenvalue weighted by atomic mass is 16.4. The van der Waals surface area contributed by atoms with Crippen molar-refractivity contribution in [2.75, 3.05) is 18.4 Å². The van der Waals surface area contributed by atoms with Crippen LogP contribution in [-0.2, 0) is 0 Å². The Hall–Kier alpha value is -1.10. The minimum atomic E-state index is 0.119. The number of hydrogen-bond donors (Lipinski definition) is 2. The second kappa shape index (κ2) is 6.37. The molecular weight excluding hydrogens is 240 g/mol. The Balaban J connectivity index is 1.80. The van der Waals surface area contributed by atoms with Gasteiger partial charge in [-0.25, -0.2) is 0 Å². The lowest BCUT2D eigenvalue weighted by atomic mass is 10.0. The van der Waals surface area contributed by atoms with Crippen LogP contribution in [0.4, 0.5) is 6.01 Å². The Morgan fingerprint density at radius 3 is 2.68 bits per heavy atom. The van der Waals surface area contributed by atoms with Crippen molar-refractivity contribution in [1.82, 2.24) is 15.5 Å². The summed E-state index contributed by atoms with van der Waals surface area (Å²) in [5.41, 5.74) is 0.495. The van der Waals surface area contributed by atoms with E-state index in [1.807, 2.05) is 6.92 Å². The lowest BCUT2D eigenvalue weighted by Gasteiger charge is -2.13. The smallest absolute Gasteiger partial charge is 0.315 e. The molecule has 5 nitrogen and oxygen atoms in total. The van der Waals surface area contributed by atoms with Gasteiger partial charge in [0.1, 0.15) is 0 Å². The third-order valence-corrected chi connectivity index (χ3v) is 3.86. The van der Waals surface area contributed by atoms with E-state index in [4.69, 9.17) is 4.42 Å². The summed E-state index contributed by atoms with van der Waals surface area (Å²) in [7, 11) is 0. The first-order chi connectivity index (χ1) is 9.19. The third kappa shape index (κ3) is 3.93. The van der Waals surface area contributed by atoms with Crippen LogP contribution in [-0.4, -0.2) is 23.3 Å². The van der Waals surface area contributed by atoms with E-state index < -0.39 is 0 Å². The summed E-state index contributed by atoms with van der Waals surface area (Å²) in [5, 5.41) is 14.8. The predicted octanol–water partition coefficient (Wildman–Crippen LogP) is 3.12. The van der Waals surface area contributed by atoms with Crippen LogP contribution < -0.4 is 10.6 Å². The molecule has 1 heterocycles. The van der Waals surface area contributed by atoms with Crippen LogP contribution in [0.25, 0.3) is 0 Å². The van der Waals surface area contributed by atoms with Crippen molar-refractivity contribution in [3.05, 3.63) is 5.89 Å². The molecule has 1 atom stereocenters. The number of nitrogens with one attached hydrogen (secondary N) is 2. The molecule has 1 aliphatic carbocycles. The summed E-state index contributed by atoms with van der Waals surface area (Å²) in [6.07, 6.45) is 6.28. The molecule has 19 heavy (non-hydrogen) atoms. The monoisotopic (exact) mass is 266 g/mol. The first-order valence-electron chi connectivity index (χ1n) is 7.50. The van der Waals surface area contributed by atoms with Crippen molar-refractivity contribution in [3.8, 4) is 0 Å². The molecule has 5 heteroatoms. The average molecular weight is 266 g/mol. The first kappa shape index (κ1) is 14.3. The summed E-state index contributed by atoms with van der Waals surface area (Å²) in [4.78, 5) is 0. The summed E-state index contributed by atoms with van der Waals surface area (Å²) in [5.74, 6) is 0.663. The van der Waals surface area contributed by atoms with Gasteiger partial charge in [0.2, 0.25) is 5.89 Å². The van der Waals surface area contributed by atoms with Crippen LogP contribution >= 0.6 is 0 Å². The second-order valence-electron chi connectivity index (χ2n) is 5.72. The van der Waals surface area contributed by atoms with Crippen LogP contribution in [0.5, 0.6) is 0 Å². The average Bonchev–Trinajstić information content (AvgIpc) is 3.01. The number of nitrogens with zero attached hydrogens (tertiary/aromatic N) is 2. The van der Waals surface area contributed by atoms with Crippen molar-refractivity contribution in [2.24, 2.45) is 5.41 Å². The molecule has 2 rings (SSSR count). The highest BCUT2D eigenvalue weighted by molar-refractivity contribution is 5.20. The molecule has 0 bridgehead atoms. The quantitative estimate of drug-likeness (QED) is 0.719. The third-order valence-electron chi connectivity index (χ3n) is 3.86. The molecular formula is C14H26N4O. The summed E-state index contributed by atoms with van der Waals surface area (Å²) < 4.78 is 5.65. The fraction of sp³-hybridized carbons (Fsp3) is 0.857. The normalized spacial score (nSPS) is 18.3. The van der Waals surface area contributed by atoms with Gasteiger partial charge in [0.05, 0.1) is 6.04 Å². The van der Waals surface area contributed by atoms with Gasteiger partial charge >= 0.3 is 6.01 Å². The van der Waals surface area contributed by atoms with E-state index in [9.17, 15) is 0 Å². The lowest BCUT2D eigenvalue weighted by Crippen LogP contribution is -2.19. The van der Waals surface area contributed by atoms with Crippen molar-refractivity contribution in [3.63, 3.8) is 0 Å². The topological polar surface area (TPSA) is 63.0 Å². The van der Waals surface area contributed by atoms with Crippen LogP contribution in [0.1, 0.15) is 64.8 Å². The zero-order valence-electron chi connectivity index (χ0n) is 12.3. The van der Waals surface area contributed by atoms with Crippen molar-refractivity contribution >= 4 is 6.01 Å². The molecule has 1 unspecified atom stereocenters. The Morgan fingerprint density at radius 1 is 1.26 bits per heavy atom. The van der Waals surface area contributed by atoms with Crippen LogP contribution in [0.15, 0.2) is 4.42 Å². The van der Waals surface area contributed by atoms with Gasteiger partial charge < -0.3 is 15.1 Å². The van der Waals surface area contributed by atoms with E-state index in [1.165, 1.54) is 25.7 Å². The maximum atomic E-state index is 5.65. The van der Waals surface area contributed by atoms with Crippen LogP contribution in [0.2, 0.25) is 0 Å². The molecule has 0 aromatic carbocycles. The van der Waals surface area contributed by atoms with E-state index >= 15 is 0 Å². The molecule has 1 aliphatic rings. The molecule has 108 valence electrons. The largest absolute Gasteiger partial charge is 0.406 e. The van der Waals surface area contributed by atoms with E-state index in [2.05, 4.69) is 34.7 Å². The van der Waals surface area contributed by atoms with E-state index in [0.29, 0.717) is 17.3 Å². The molecule has 0 aliphatic heterocycles. The minimum Gasteiger partial charge on any atom is -0.406 e. The molecule has 0 amide bonds. The van der Waals surface area contributed by atoms with Gasteiger partial charge in [-0.2, -0.15) is 0 Å². The molecule has 1 aromatic rings. The summed E-state index contributed by atoms with van der Waals surface area (Å²) in [6.45, 7) is 8.35. The first-order valence-corrected chi connectivity index (χ1v) is 7.50. The molecule has 0 saturated heterocycles. The van der Waals surface area contributed by atoms with E-state index in [-0.39, 0.29) is 6.04 Å². The van der Waals surface area contributed by atoms with Crippen LogP contribution in [0.3, 0.4) is 0 Å². The highest BCUT2D eigenvalue weighted by Crippen LogP contribution is 2.49. The lowest BCUT2D eigenvalue weighted by molar-refractivity contribution is 0.417. The Morgan fingerprint density at radius 2 is 2.05 bits per heavy atom. The number of hydrogen-bond acceptors (Lipinski definition) is 5. The van der Waals surface area contributed by atoms with Gasteiger partial charge in [-0.15, -0.1) is 5.10 Å². The fourth-order valence-electron chi connectivity index (χ4n) is 2.41. The Kier molecular flexibility index (Phi) is 4.80. The van der Waals surface area contributed by atoms with Gasteiger partial charge in [-0.05, 0) is 44.6 Å². The molecule has 0 radical (unpaired) electrons. The van der Waals surface area contributed by atoms with Gasteiger partial charge in [-0.1, -0.05) is 25.4 Å². The predicted molar refractivity (Wildman–Crippen MR) is 76.1 cm³/mol. The second-order valence-corrected chi connectivity index (χ2v) is 5.72. The molecule has 1 fully saturated rings. The minimum absolute atomic E-state index is 0.119. The van der Waals surface area contributed by atoms with Crippen molar-refractivity contribution < 1.29 is 4.42 Å². The fourth-order valence-corrected chi connectivity index (χ4v) is 2.41.